The predicted molar refractivity (Wildman–Crippen MR) is 105 cm³/mol. The molecule has 0 saturated carbocycles. The van der Waals surface area contributed by atoms with Crippen LogP contribution in [0.1, 0.15) is 15.9 Å². The van der Waals surface area contributed by atoms with Crippen LogP contribution in [0.5, 0.6) is 0 Å². The van der Waals surface area contributed by atoms with E-state index in [1.165, 1.54) is 67.4 Å². The highest BCUT2D eigenvalue weighted by molar-refractivity contribution is 6.07. The number of hydrogen-bond donors (Lipinski definition) is 3. The Balaban J connectivity index is 1.73. The quantitative estimate of drug-likeness (QED) is 0.530. The standard InChI is InChI=1S/C20H15F3N6O/c21-20(22,23)17(10-16(24)14-2-1-7-26-11-14)29-18-4-3-15(12-27-18)28-19(30)13-5-8-25-9-6-13/h1-12,24H,(H,27,29)(H,28,30)/b17-10-,24-16?. The van der Waals surface area contributed by atoms with Gasteiger partial charge in [0.2, 0.25) is 0 Å². The third-order valence-electron chi connectivity index (χ3n) is 3.79. The van der Waals surface area contributed by atoms with Crippen LogP contribution in [-0.4, -0.2) is 32.7 Å². The number of anilines is 2. The lowest BCUT2D eigenvalue weighted by Gasteiger charge is -2.14. The average Bonchev–Trinajstić information content (AvgIpc) is 2.75. The maximum atomic E-state index is 13.4. The van der Waals surface area contributed by atoms with E-state index in [1.54, 1.807) is 0 Å². The molecule has 0 spiro atoms. The second kappa shape index (κ2) is 8.95. The van der Waals surface area contributed by atoms with Crippen LogP contribution in [0.15, 0.2) is 79.2 Å². The van der Waals surface area contributed by atoms with E-state index in [2.05, 4.69) is 25.6 Å². The minimum Gasteiger partial charge on any atom is -0.336 e. The van der Waals surface area contributed by atoms with Gasteiger partial charge in [0.05, 0.1) is 17.6 Å². The number of carbonyl (C=O) groups excluding carboxylic acids is 1. The zero-order valence-electron chi connectivity index (χ0n) is 15.3. The van der Waals surface area contributed by atoms with Gasteiger partial charge in [0.15, 0.2) is 0 Å². The number of allylic oxidation sites excluding steroid dienone is 2. The number of rotatable bonds is 6. The minimum absolute atomic E-state index is 0.0977. The van der Waals surface area contributed by atoms with Crippen LogP contribution in [0.3, 0.4) is 0 Å². The van der Waals surface area contributed by atoms with Gasteiger partial charge in [-0.05, 0) is 42.5 Å². The van der Waals surface area contributed by atoms with E-state index in [1.807, 2.05) is 0 Å². The van der Waals surface area contributed by atoms with Crippen molar-refractivity contribution in [3.8, 4) is 0 Å². The summed E-state index contributed by atoms with van der Waals surface area (Å²) in [7, 11) is 0. The van der Waals surface area contributed by atoms with E-state index < -0.39 is 17.8 Å². The SMILES string of the molecule is N=C(/C=C(\Nc1ccc(NC(=O)c2ccncc2)cn1)C(F)(F)F)c1cccnc1. The first-order valence-corrected chi connectivity index (χ1v) is 8.55. The molecule has 0 saturated heterocycles. The molecular weight excluding hydrogens is 397 g/mol. The predicted octanol–water partition coefficient (Wildman–Crippen LogP) is 4.05. The first kappa shape index (κ1) is 20.6. The normalized spacial score (nSPS) is 11.6. The van der Waals surface area contributed by atoms with Gasteiger partial charge in [0.25, 0.3) is 5.91 Å². The molecule has 3 aromatic rings. The Hall–Kier alpha value is -4.08. The highest BCUT2D eigenvalue weighted by atomic mass is 19.4. The van der Waals surface area contributed by atoms with Crippen LogP contribution in [0.4, 0.5) is 24.7 Å². The lowest BCUT2D eigenvalue weighted by atomic mass is 10.1. The molecule has 0 aliphatic rings. The third-order valence-corrected chi connectivity index (χ3v) is 3.79. The Morgan fingerprint density at radius 2 is 1.70 bits per heavy atom. The summed E-state index contributed by atoms with van der Waals surface area (Å²) in [4.78, 5) is 23.6. The summed E-state index contributed by atoms with van der Waals surface area (Å²) in [5, 5.41) is 12.6. The van der Waals surface area contributed by atoms with Crippen molar-refractivity contribution in [2.75, 3.05) is 10.6 Å². The monoisotopic (exact) mass is 412 g/mol. The van der Waals surface area contributed by atoms with Crippen molar-refractivity contribution in [1.29, 1.82) is 5.41 Å². The van der Waals surface area contributed by atoms with Crippen molar-refractivity contribution >= 4 is 23.1 Å². The number of nitrogens with zero attached hydrogens (tertiary/aromatic N) is 3. The van der Waals surface area contributed by atoms with Crippen LogP contribution in [0, 0.1) is 5.41 Å². The summed E-state index contributed by atoms with van der Waals surface area (Å²) in [6.45, 7) is 0. The highest BCUT2D eigenvalue weighted by Crippen LogP contribution is 2.27. The zero-order valence-corrected chi connectivity index (χ0v) is 15.3. The van der Waals surface area contributed by atoms with Crippen LogP contribution < -0.4 is 10.6 Å². The molecule has 3 N–H and O–H groups in total. The van der Waals surface area contributed by atoms with Gasteiger partial charge < -0.3 is 16.0 Å². The van der Waals surface area contributed by atoms with Gasteiger partial charge in [0.1, 0.15) is 11.5 Å². The molecule has 0 aromatic carbocycles. The molecule has 0 atom stereocenters. The Kier molecular flexibility index (Phi) is 6.16. The first-order chi connectivity index (χ1) is 14.3. The number of carbonyl (C=O) groups is 1. The number of alkyl halides is 3. The second-order valence-electron chi connectivity index (χ2n) is 5.96. The first-order valence-electron chi connectivity index (χ1n) is 8.55. The largest absolute Gasteiger partial charge is 0.431 e. The van der Waals surface area contributed by atoms with E-state index in [9.17, 15) is 18.0 Å². The topological polar surface area (TPSA) is 104 Å². The van der Waals surface area contributed by atoms with Crippen molar-refractivity contribution in [2.24, 2.45) is 0 Å². The fourth-order valence-corrected chi connectivity index (χ4v) is 2.32. The van der Waals surface area contributed by atoms with Crippen LogP contribution in [0.2, 0.25) is 0 Å². The molecular formula is C20H15F3N6O. The highest BCUT2D eigenvalue weighted by Gasteiger charge is 2.34. The van der Waals surface area contributed by atoms with Gasteiger partial charge in [-0.15, -0.1) is 0 Å². The number of nitrogens with one attached hydrogen (secondary N) is 3. The Morgan fingerprint density at radius 1 is 0.933 bits per heavy atom. The van der Waals surface area contributed by atoms with Gasteiger partial charge >= 0.3 is 6.18 Å². The Morgan fingerprint density at radius 3 is 2.30 bits per heavy atom. The van der Waals surface area contributed by atoms with Gasteiger partial charge in [-0.2, -0.15) is 13.2 Å². The van der Waals surface area contributed by atoms with Gasteiger partial charge in [-0.25, -0.2) is 4.98 Å². The summed E-state index contributed by atoms with van der Waals surface area (Å²) in [5.41, 5.74) is -0.587. The maximum Gasteiger partial charge on any atom is 0.431 e. The number of pyridine rings is 3. The molecule has 3 heterocycles. The number of aromatic nitrogens is 3. The van der Waals surface area contributed by atoms with Crippen molar-refractivity contribution < 1.29 is 18.0 Å². The van der Waals surface area contributed by atoms with E-state index in [4.69, 9.17) is 5.41 Å². The van der Waals surface area contributed by atoms with E-state index >= 15 is 0 Å². The summed E-state index contributed by atoms with van der Waals surface area (Å²) in [6, 6.07) is 8.76. The molecule has 1 amide bonds. The molecule has 0 unspecified atom stereocenters. The Labute approximate surface area is 169 Å². The molecule has 30 heavy (non-hydrogen) atoms. The van der Waals surface area contributed by atoms with E-state index in [0.717, 1.165) is 0 Å². The van der Waals surface area contributed by atoms with Crippen molar-refractivity contribution in [1.82, 2.24) is 15.0 Å². The summed E-state index contributed by atoms with van der Waals surface area (Å²) in [6.07, 6.45) is 2.85. The van der Waals surface area contributed by atoms with E-state index in [-0.39, 0.29) is 17.1 Å². The van der Waals surface area contributed by atoms with Crippen LogP contribution in [-0.2, 0) is 0 Å². The minimum atomic E-state index is -4.73. The van der Waals surface area contributed by atoms with E-state index in [0.29, 0.717) is 17.3 Å². The molecule has 10 heteroatoms. The van der Waals surface area contributed by atoms with Gasteiger partial charge in [-0.3, -0.25) is 14.8 Å². The molecule has 152 valence electrons. The molecule has 0 fully saturated rings. The van der Waals surface area contributed by atoms with Crippen LogP contribution in [0.25, 0.3) is 0 Å². The maximum absolute atomic E-state index is 13.4. The van der Waals surface area contributed by atoms with Gasteiger partial charge in [-0.1, -0.05) is 0 Å². The molecule has 0 radical (unpaired) electrons. The molecule has 0 aliphatic carbocycles. The fourth-order valence-electron chi connectivity index (χ4n) is 2.32. The fraction of sp³-hybridized carbons (Fsp3) is 0.0500. The lowest BCUT2D eigenvalue weighted by Crippen LogP contribution is -2.21. The summed E-state index contributed by atoms with van der Waals surface area (Å²) < 4.78 is 40.2. The Bertz CT molecular complexity index is 1050. The molecule has 0 bridgehead atoms. The summed E-state index contributed by atoms with van der Waals surface area (Å²) in [5.74, 6) is -0.500. The summed E-state index contributed by atoms with van der Waals surface area (Å²) >= 11 is 0. The van der Waals surface area contributed by atoms with Crippen molar-refractivity contribution in [2.45, 2.75) is 6.18 Å². The molecule has 0 aliphatic heterocycles. The van der Waals surface area contributed by atoms with Crippen LogP contribution >= 0.6 is 0 Å². The molecule has 3 rings (SSSR count). The molecule has 7 nitrogen and oxygen atoms in total. The molecule has 3 aromatic heterocycles. The van der Waals surface area contributed by atoms with Crippen molar-refractivity contribution in [3.05, 3.63) is 90.3 Å². The lowest BCUT2D eigenvalue weighted by molar-refractivity contribution is -0.0901. The number of amides is 1. The number of halogens is 3. The smallest absolute Gasteiger partial charge is 0.336 e. The zero-order chi connectivity index (χ0) is 21.6. The third kappa shape index (κ3) is 5.47. The second-order valence-corrected chi connectivity index (χ2v) is 5.96. The van der Waals surface area contributed by atoms with Crippen molar-refractivity contribution in [3.63, 3.8) is 0 Å². The van der Waals surface area contributed by atoms with Gasteiger partial charge in [0, 0.05) is 35.9 Å². The average molecular weight is 412 g/mol. The number of hydrogen-bond acceptors (Lipinski definition) is 6.